The Morgan fingerprint density at radius 1 is 1.32 bits per heavy atom. The minimum Gasteiger partial charge on any atom is -0.453 e. The maximum Gasteiger partial charge on any atom is 0.338 e. The summed E-state index contributed by atoms with van der Waals surface area (Å²) in [6, 6.07) is 8.25. The van der Waals surface area contributed by atoms with Crippen molar-refractivity contribution in [2.75, 3.05) is 0 Å². The second-order valence-electron chi connectivity index (χ2n) is 4.46. The third-order valence-corrected chi connectivity index (χ3v) is 2.98. The fraction of sp³-hybridized carbons (Fsp3) is 0.462. The lowest BCUT2D eigenvalue weighted by molar-refractivity contribution is -0.143. The van der Waals surface area contributed by atoms with Crippen molar-refractivity contribution in [3.05, 3.63) is 35.9 Å². The largest absolute Gasteiger partial charge is 0.453 e. The van der Waals surface area contributed by atoms with Crippen LogP contribution < -0.4 is 0 Å². The van der Waals surface area contributed by atoms with E-state index in [0.717, 1.165) is 0 Å². The maximum atomic E-state index is 11.9. The number of esters is 1. The SMILES string of the molecule is CC(O)[C@H]1OC(O)[C@H](O)[C@@H]1OC(=O)c1ccccc1. The van der Waals surface area contributed by atoms with Crippen LogP contribution in [-0.2, 0) is 9.47 Å². The molecule has 1 heterocycles. The Balaban J connectivity index is 2.10. The molecule has 1 saturated heterocycles. The summed E-state index contributed by atoms with van der Waals surface area (Å²) in [4.78, 5) is 11.9. The summed E-state index contributed by atoms with van der Waals surface area (Å²) < 4.78 is 10.1. The number of hydrogen-bond donors (Lipinski definition) is 3. The minimum absolute atomic E-state index is 0.320. The fourth-order valence-electron chi connectivity index (χ4n) is 1.97. The van der Waals surface area contributed by atoms with Crippen LogP contribution in [0.4, 0.5) is 0 Å². The van der Waals surface area contributed by atoms with Gasteiger partial charge in [0.05, 0.1) is 11.7 Å². The number of carbonyl (C=O) groups excluding carboxylic acids is 1. The van der Waals surface area contributed by atoms with Gasteiger partial charge in [0.25, 0.3) is 0 Å². The number of aliphatic hydroxyl groups is 3. The Morgan fingerprint density at radius 2 is 1.95 bits per heavy atom. The second-order valence-corrected chi connectivity index (χ2v) is 4.46. The van der Waals surface area contributed by atoms with Crippen molar-refractivity contribution >= 4 is 5.97 Å². The van der Waals surface area contributed by atoms with Gasteiger partial charge in [-0.05, 0) is 19.1 Å². The molecule has 5 atom stereocenters. The first kappa shape index (κ1) is 14.0. The first-order valence-electron chi connectivity index (χ1n) is 5.96. The molecule has 19 heavy (non-hydrogen) atoms. The van der Waals surface area contributed by atoms with E-state index in [4.69, 9.17) is 9.47 Å². The van der Waals surface area contributed by atoms with Crippen molar-refractivity contribution in [3.63, 3.8) is 0 Å². The molecule has 0 amide bonds. The normalized spacial score (nSPS) is 32.0. The van der Waals surface area contributed by atoms with E-state index < -0.39 is 36.7 Å². The van der Waals surface area contributed by atoms with Crippen molar-refractivity contribution < 1.29 is 29.6 Å². The summed E-state index contributed by atoms with van der Waals surface area (Å²) in [7, 11) is 0. The Labute approximate surface area is 110 Å². The molecule has 2 unspecified atom stereocenters. The van der Waals surface area contributed by atoms with Crippen molar-refractivity contribution in [2.45, 2.75) is 37.6 Å². The van der Waals surface area contributed by atoms with Crippen LogP contribution in [0.25, 0.3) is 0 Å². The Morgan fingerprint density at radius 3 is 2.53 bits per heavy atom. The number of rotatable bonds is 3. The highest BCUT2D eigenvalue weighted by Crippen LogP contribution is 2.25. The first-order chi connectivity index (χ1) is 9.00. The molecule has 1 aromatic carbocycles. The number of hydrogen-bond acceptors (Lipinski definition) is 6. The zero-order chi connectivity index (χ0) is 14.0. The van der Waals surface area contributed by atoms with Gasteiger partial charge in [-0.2, -0.15) is 0 Å². The highest BCUT2D eigenvalue weighted by molar-refractivity contribution is 5.89. The zero-order valence-electron chi connectivity index (χ0n) is 10.3. The highest BCUT2D eigenvalue weighted by Gasteiger charge is 2.47. The predicted molar refractivity (Wildman–Crippen MR) is 64.2 cm³/mol. The van der Waals surface area contributed by atoms with Crippen molar-refractivity contribution in [1.29, 1.82) is 0 Å². The molecule has 0 saturated carbocycles. The van der Waals surface area contributed by atoms with Crippen LogP contribution in [0.5, 0.6) is 0 Å². The fourth-order valence-corrected chi connectivity index (χ4v) is 1.97. The molecular formula is C13H16O6. The number of ether oxygens (including phenoxy) is 2. The minimum atomic E-state index is -1.48. The molecule has 1 aliphatic heterocycles. The molecular weight excluding hydrogens is 252 g/mol. The van der Waals surface area contributed by atoms with Crippen LogP contribution in [0.15, 0.2) is 30.3 Å². The monoisotopic (exact) mass is 268 g/mol. The Kier molecular flexibility index (Phi) is 4.16. The molecule has 1 aliphatic rings. The van der Waals surface area contributed by atoms with E-state index in [2.05, 4.69) is 0 Å². The zero-order valence-corrected chi connectivity index (χ0v) is 10.3. The van der Waals surface area contributed by atoms with Crippen LogP contribution in [-0.4, -0.2) is 52.0 Å². The van der Waals surface area contributed by atoms with Crippen molar-refractivity contribution in [2.24, 2.45) is 0 Å². The molecule has 6 heteroatoms. The van der Waals surface area contributed by atoms with Crippen LogP contribution >= 0.6 is 0 Å². The van der Waals surface area contributed by atoms with E-state index in [-0.39, 0.29) is 0 Å². The van der Waals surface area contributed by atoms with E-state index in [1.165, 1.54) is 6.92 Å². The lowest BCUT2D eigenvalue weighted by atomic mass is 10.1. The summed E-state index contributed by atoms with van der Waals surface area (Å²) >= 11 is 0. The quantitative estimate of drug-likeness (QED) is 0.650. The maximum absolute atomic E-state index is 11.9. The van der Waals surface area contributed by atoms with Crippen LogP contribution in [0.2, 0.25) is 0 Å². The molecule has 0 radical (unpaired) electrons. The lowest BCUT2D eigenvalue weighted by Crippen LogP contribution is -2.41. The van der Waals surface area contributed by atoms with Gasteiger partial charge in [0, 0.05) is 0 Å². The molecule has 6 nitrogen and oxygen atoms in total. The van der Waals surface area contributed by atoms with E-state index in [1.807, 2.05) is 0 Å². The van der Waals surface area contributed by atoms with Crippen LogP contribution in [0.1, 0.15) is 17.3 Å². The van der Waals surface area contributed by atoms with Gasteiger partial charge in [0.2, 0.25) is 0 Å². The second kappa shape index (κ2) is 5.66. The molecule has 0 aromatic heterocycles. The van der Waals surface area contributed by atoms with Gasteiger partial charge < -0.3 is 24.8 Å². The molecule has 0 spiro atoms. The van der Waals surface area contributed by atoms with Gasteiger partial charge in [0.15, 0.2) is 12.4 Å². The van der Waals surface area contributed by atoms with Gasteiger partial charge in [0.1, 0.15) is 12.2 Å². The van der Waals surface area contributed by atoms with Crippen LogP contribution in [0, 0.1) is 0 Å². The average molecular weight is 268 g/mol. The molecule has 0 bridgehead atoms. The molecule has 2 rings (SSSR count). The molecule has 1 fully saturated rings. The van der Waals surface area contributed by atoms with E-state index >= 15 is 0 Å². The predicted octanol–water partition coefficient (Wildman–Crippen LogP) is -0.329. The summed E-state index contributed by atoms with van der Waals surface area (Å²) in [5, 5.41) is 28.6. The third-order valence-electron chi connectivity index (χ3n) is 2.98. The van der Waals surface area contributed by atoms with E-state index in [1.54, 1.807) is 30.3 Å². The number of carbonyl (C=O) groups is 1. The first-order valence-corrected chi connectivity index (χ1v) is 5.96. The van der Waals surface area contributed by atoms with Crippen molar-refractivity contribution in [3.8, 4) is 0 Å². The summed E-state index contributed by atoms with van der Waals surface area (Å²) in [5.74, 6) is -0.645. The summed E-state index contributed by atoms with van der Waals surface area (Å²) in [6.07, 6.45) is -5.92. The number of aliphatic hydroxyl groups excluding tert-OH is 3. The van der Waals surface area contributed by atoms with Crippen LogP contribution in [0.3, 0.4) is 0 Å². The molecule has 1 aromatic rings. The molecule has 104 valence electrons. The Hall–Kier alpha value is -1.47. The lowest BCUT2D eigenvalue weighted by Gasteiger charge is -2.22. The van der Waals surface area contributed by atoms with Gasteiger partial charge in [-0.25, -0.2) is 4.79 Å². The highest BCUT2D eigenvalue weighted by atomic mass is 16.7. The summed E-state index contributed by atoms with van der Waals surface area (Å²) in [5.41, 5.74) is 0.320. The van der Waals surface area contributed by atoms with Gasteiger partial charge in [-0.3, -0.25) is 0 Å². The average Bonchev–Trinajstić information content (AvgIpc) is 2.68. The third kappa shape index (κ3) is 2.93. The van der Waals surface area contributed by atoms with Gasteiger partial charge in [-0.1, -0.05) is 18.2 Å². The van der Waals surface area contributed by atoms with Gasteiger partial charge in [-0.15, -0.1) is 0 Å². The smallest absolute Gasteiger partial charge is 0.338 e. The summed E-state index contributed by atoms with van der Waals surface area (Å²) in [6.45, 7) is 1.43. The Bertz CT molecular complexity index is 432. The molecule has 3 N–H and O–H groups in total. The molecule has 0 aliphatic carbocycles. The number of benzene rings is 1. The standard InChI is InChI=1S/C13H16O6/c1-7(14)10-11(9(15)13(17)18-10)19-12(16)8-5-3-2-4-6-8/h2-7,9-11,13-15,17H,1H3/t7?,9-,10-,11+,13?/m1/s1. The van der Waals surface area contributed by atoms with E-state index in [9.17, 15) is 20.1 Å². The van der Waals surface area contributed by atoms with Crippen molar-refractivity contribution in [1.82, 2.24) is 0 Å². The van der Waals surface area contributed by atoms with E-state index in [0.29, 0.717) is 5.56 Å². The topological polar surface area (TPSA) is 96.2 Å². The van der Waals surface area contributed by atoms with Gasteiger partial charge >= 0.3 is 5.97 Å².